The summed E-state index contributed by atoms with van der Waals surface area (Å²) in [5, 5.41) is 8.73. The van der Waals surface area contributed by atoms with Crippen LogP contribution in [0.4, 0.5) is 0 Å². The second-order valence-electron chi connectivity index (χ2n) is 5.54. The Morgan fingerprint density at radius 3 is 2.86 bits per heavy atom. The fourth-order valence-corrected chi connectivity index (χ4v) is 2.74. The Balaban J connectivity index is 2.04. The number of rotatable bonds is 5. The number of aryl methyl sites for hydroxylation is 1. The van der Waals surface area contributed by atoms with Gasteiger partial charge in [0, 0.05) is 19.5 Å². The number of hydrogen-bond acceptors (Lipinski definition) is 3. The topological polar surface area (TPSA) is 66.8 Å². The van der Waals surface area contributed by atoms with Gasteiger partial charge >= 0.3 is 5.97 Å². The van der Waals surface area contributed by atoms with E-state index in [1.54, 1.807) is 18.1 Å². The molecule has 1 aliphatic rings. The lowest BCUT2D eigenvalue weighted by Crippen LogP contribution is -2.29. The Hall–Kier alpha value is -2.04. The highest BCUT2D eigenvalue weighted by Crippen LogP contribution is 2.26. The molecule has 1 aliphatic heterocycles. The molecule has 1 N–H and O–H groups in total. The van der Waals surface area contributed by atoms with Crippen molar-refractivity contribution in [2.75, 3.05) is 20.2 Å². The van der Waals surface area contributed by atoms with E-state index in [0.717, 1.165) is 12.0 Å². The van der Waals surface area contributed by atoms with Gasteiger partial charge in [0.1, 0.15) is 5.75 Å². The Morgan fingerprint density at radius 1 is 1.43 bits per heavy atom. The molecule has 1 aromatic rings. The van der Waals surface area contributed by atoms with E-state index >= 15 is 0 Å². The number of benzene rings is 1. The fourth-order valence-electron chi connectivity index (χ4n) is 2.74. The van der Waals surface area contributed by atoms with Crippen LogP contribution in [0.1, 0.15) is 35.2 Å². The van der Waals surface area contributed by atoms with Crippen molar-refractivity contribution in [1.82, 2.24) is 4.90 Å². The van der Waals surface area contributed by atoms with E-state index in [0.29, 0.717) is 30.8 Å². The third-order valence-corrected chi connectivity index (χ3v) is 3.92. The lowest BCUT2D eigenvalue weighted by Gasteiger charge is -2.18. The zero-order chi connectivity index (χ0) is 15.4. The van der Waals surface area contributed by atoms with Gasteiger partial charge in [-0.3, -0.25) is 9.59 Å². The van der Waals surface area contributed by atoms with Gasteiger partial charge in [-0.25, -0.2) is 0 Å². The fraction of sp³-hybridized carbons (Fsp3) is 0.500. The number of ether oxygens (including phenoxy) is 1. The molecule has 0 aromatic heterocycles. The molecule has 21 heavy (non-hydrogen) atoms. The summed E-state index contributed by atoms with van der Waals surface area (Å²) < 4.78 is 5.26. The van der Waals surface area contributed by atoms with E-state index in [1.165, 1.54) is 0 Å². The molecule has 5 heteroatoms. The molecule has 1 amide bonds. The first-order valence-electron chi connectivity index (χ1n) is 7.17. The van der Waals surface area contributed by atoms with Crippen molar-refractivity contribution in [3.05, 3.63) is 29.3 Å². The second kappa shape index (κ2) is 6.61. The van der Waals surface area contributed by atoms with Gasteiger partial charge in [0.15, 0.2) is 0 Å². The first-order chi connectivity index (χ1) is 10.0. The summed E-state index contributed by atoms with van der Waals surface area (Å²) in [6.45, 7) is 3.25. The largest absolute Gasteiger partial charge is 0.496 e. The highest BCUT2D eigenvalue weighted by atomic mass is 16.5. The highest BCUT2D eigenvalue weighted by molar-refractivity contribution is 5.97. The van der Waals surface area contributed by atoms with Crippen molar-refractivity contribution in [3.8, 4) is 5.75 Å². The number of likely N-dealkylation sites (tertiary alicyclic amines) is 1. The van der Waals surface area contributed by atoms with Crippen LogP contribution in [-0.2, 0) is 4.79 Å². The number of hydrogen-bond donors (Lipinski definition) is 1. The molecule has 1 heterocycles. The van der Waals surface area contributed by atoms with Crippen LogP contribution in [0, 0.1) is 12.8 Å². The number of carboxylic acid groups (broad SMARTS) is 1. The number of carbonyl (C=O) groups excluding carboxylic acids is 1. The molecule has 0 radical (unpaired) electrons. The van der Waals surface area contributed by atoms with Crippen LogP contribution >= 0.6 is 0 Å². The Morgan fingerprint density at radius 2 is 2.19 bits per heavy atom. The average molecular weight is 291 g/mol. The molecular weight excluding hydrogens is 270 g/mol. The summed E-state index contributed by atoms with van der Waals surface area (Å²) in [5.41, 5.74) is 1.59. The van der Waals surface area contributed by atoms with Crippen LogP contribution in [-0.4, -0.2) is 42.1 Å². The van der Waals surface area contributed by atoms with Crippen LogP contribution in [0.2, 0.25) is 0 Å². The van der Waals surface area contributed by atoms with Crippen LogP contribution in [0.25, 0.3) is 0 Å². The number of carbonyl (C=O) groups is 2. The summed E-state index contributed by atoms with van der Waals surface area (Å²) in [6, 6.07) is 5.56. The molecule has 1 aromatic carbocycles. The lowest BCUT2D eigenvalue weighted by atomic mass is 10.0. The van der Waals surface area contributed by atoms with Crippen LogP contribution in [0.5, 0.6) is 5.75 Å². The zero-order valence-corrected chi connectivity index (χ0v) is 12.5. The maximum absolute atomic E-state index is 12.6. The van der Waals surface area contributed by atoms with Gasteiger partial charge in [-0.05, 0) is 37.8 Å². The smallest absolute Gasteiger partial charge is 0.303 e. The monoisotopic (exact) mass is 291 g/mol. The van der Waals surface area contributed by atoms with Crippen LogP contribution < -0.4 is 4.74 Å². The van der Waals surface area contributed by atoms with Crippen molar-refractivity contribution in [1.29, 1.82) is 0 Å². The van der Waals surface area contributed by atoms with Gasteiger partial charge in [-0.2, -0.15) is 0 Å². The summed E-state index contributed by atoms with van der Waals surface area (Å²) in [5.74, 6) is 0.0499. The molecule has 1 saturated heterocycles. The molecule has 0 aliphatic carbocycles. The third kappa shape index (κ3) is 3.74. The molecule has 0 spiro atoms. The van der Waals surface area contributed by atoms with Crippen molar-refractivity contribution in [2.24, 2.45) is 5.92 Å². The van der Waals surface area contributed by atoms with E-state index in [9.17, 15) is 9.59 Å². The van der Waals surface area contributed by atoms with Gasteiger partial charge in [0.05, 0.1) is 12.7 Å². The minimum Gasteiger partial charge on any atom is -0.496 e. The first kappa shape index (κ1) is 15.4. The molecular formula is C16H21NO4. The van der Waals surface area contributed by atoms with Gasteiger partial charge < -0.3 is 14.7 Å². The molecule has 5 nitrogen and oxygen atoms in total. The van der Waals surface area contributed by atoms with Gasteiger partial charge in [-0.1, -0.05) is 11.6 Å². The number of carboxylic acids is 1. The maximum atomic E-state index is 12.6. The van der Waals surface area contributed by atoms with E-state index in [2.05, 4.69) is 0 Å². The zero-order valence-electron chi connectivity index (χ0n) is 12.5. The summed E-state index contributed by atoms with van der Waals surface area (Å²) in [7, 11) is 1.56. The summed E-state index contributed by atoms with van der Waals surface area (Å²) in [4.78, 5) is 25.0. The van der Waals surface area contributed by atoms with E-state index in [-0.39, 0.29) is 18.2 Å². The number of aliphatic carboxylic acids is 1. The summed E-state index contributed by atoms with van der Waals surface area (Å²) in [6.07, 6.45) is 1.66. The van der Waals surface area contributed by atoms with Crippen LogP contribution in [0.3, 0.4) is 0 Å². The predicted molar refractivity (Wildman–Crippen MR) is 78.6 cm³/mol. The van der Waals surface area contributed by atoms with E-state index in [4.69, 9.17) is 9.84 Å². The quantitative estimate of drug-likeness (QED) is 0.904. The highest BCUT2D eigenvalue weighted by Gasteiger charge is 2.28. The minimum absolute atomic E-state index is 0.0339. The average Bonchev–Trinajstić information content (AvgIpc) is 2.93. The lowest BCUT2D eigenvalue weighted by molar-refractivity contribution is -0.137. The van der Waals surface area contributed by atoms with Crippen LogP contribution in [0.15, 0.2) is 18.2 Å². The van der Waals surface area contributed by atoms with E-state index in [1.807, 2.05) is 19.1 Å². The maximum Gasteiger partial charge on any atom is 0.303 e. The van der Waals surface area contributed by atoms with Gasteiger partial charge in [0.2, 0.25) is 0 Å². The number of nitrogens with zero attached hydrogens (tertiary/aromatic N) is 1. The standard InChI is InChI=1S/C16H21NO4/c1-11-3-5-14(21-2)13(9-11)16(20)17-8-7-12(10-17)4-6-15(18)19/h3,5,9,12H,4,6-8,10H2,1-2H3,(H,18,19). The summed E-state index contributed by atoms with van der Waals surface area (Å²) >= 11 is 0. The second-order valence-corrected chi connectivity index (χ2v) is 5.54. The minimum atomic E-state index is -0.778. The van der Waals surface area contributed by atoms with Gasteiger partial charge in [-0.15, -0.1) is 0 Å². The molecule has 0 bridgehead atoms. The normalized spacial score (nSPS) is 17.8. The third-order valence-electron chi connectivity index (χ3n) is 3.92. The predicted octanol–water partition coefficient (Wildman–Crippen LogP) is 2.33. The Bertz CT molecular complexity index is 541. The van der Waals surface area contributed by atoms with Crippen molar-refractivity contribution >= 4 is 11.9 Å². The molecule has 1 fully saturated rings. The molecule has 1 atom stereocenters. The SMILES string of the molecule is COc1ccc(C)cc1C(=O)N1CCC(CCC(=O)O)C1. The Labute approximate surface area is 124 Å². The molecule has 1 unspecified atom stereocenters. The van der Waals surface area contributed by atoms with Crippen molar-refractivity contribution < 1.29 is 19.4 Å². The first-order valence-corrected chi connectivity index (χ1v) is 7.17. The Kier molecular flexibility index (Phi) is 4.83. The van der Waals surface area contributed by atoms with Gasteiger partial charge in [0.25, 0.3) is 5.91 Å². The molecule has 2 rings (SSSR count). The molecule has 0 saturated carbocycles. The van der Waals surface area contributed by atoms with E-state index < -0.39 is 5.97 Å². The molecule has 114 valence electrons. The number of amides is 1. The van der Waals surface area contributed by atoms with Crippen molar-refractivity contribution in [3.63, 3.8) is 0 Å². The van der Waals surface area contributed by atoms with Crippen molar-refractivity contribution in [2.45, 2.75) is 26.2 Å². The number of methoxy groups -OCH3 is 1.